The van der Waals surface area contributed by atoms with E-state index in [1.165, 1.54) is 0 Å². The summed E-state index contributed by atoms with van der Waals surface area (Å²) in [4.78, 5) is 27.8. The summed E-state index contributed by atoms with van der Waals surface area (Å²) < 4.78 is 0. The van der Waals surface area contributed by atoms with Gasteiger partial charge in [0.25, 0.3) is 11.4 Å². The van der Waals surface area contributed by atoms with Gasteiger partial charge in [-0.3, -0.25) is 30.3 Å². The lowest BCUT2D eigenvalue weighted by atomic mass is 10.2. The number of aromatic hydroxyl groups is 1. The number of phenols is 1. The van der Waals surface area contributed by atoms with Crippen LogP contribution < -0.4 is 0 Å². The minimum Gasteiger partial charge on any atom is -0.497 e. The monoisotopic (exact) mass is 259 g/mol. The van der Waals surface area contributed by atoms with E-state index in [2.05, 4.69) is 0 Å². The van der Waals surface area contributed by atoms with Crippen LogP contribution in [0.25, 0.3) is 0 Å². The number of non-ortho nitro benzene ring substituents is 1. The van der Waals surface area contributed by atoms with Crippen LogP contribution in [0, 0.1) is 30.3 Å². The highest BCUT2D eigenvalue weighted by atomic mass is 27.0. The molecule has 0 saturated heterocycles. The van der Waals surface area contributed by atoms with Crippen LogP contribution in [0.3, 0.4) is 0 Å². The van der Waals surface area contributed by atoms with Crippen LogP contribution in [-0.4, -0.2) is 37.2 Å². The summed E-state index contributed by atoms with van der Waals surface area (Å²) in [5.41, 5.74) is -3.00. The van der Waals surface area contributed by atoms with Crippen molar-refractivity contribution in [3.8, 4) is 5.75 Å². The Morgan fingerprint density at radius 3 is 1.47 bits per heavy atom. The second kappa shape index (κ2) is 5.19. The van der Waals surface area contributed by atoms with E-state index >= 15 is 0 Å². The van der Waals surface area contributed by atoms with Gasteiger partial charge in [-0.15, -0.1) is 0 Å². The number of nitro benzene ring substituents is 3. The van der Waals surface area contributed by atoms with Crippen LogP contribution in [-0.2, 0) is 0 Å². The SMILES string of the molecule is O=[N+]([O-])c1cc([N+](=O)[O-])c(O)c([N+](=O)[O-])c1.[AlH3]. The van der Waals surface area contributed by atoms with E-state index in [1.54, 1.807) is 0 Å². The van der Waals surface area contributed by atoms with Crippen molar-refractivity contribution in [3.63, 3.8) is 0 Å². The average molecular weight is 259 g/mol. The van der Waals surface area contributed by atoms with Crippen molar-refractivity contribution in [2.24, 2.45) is 0 Å². The smallest absolute Gasteiger partial charge is 0.324 e. The zero-order valence-electron chi connectivity index (χ0n) is 7.39. The summed E-state index contributed by atoms with van der Waals surface area (Å²) in [6.07, 6.45) is 0. The molecule has 11 heteroatoms. The highest BCUT2D eigenvalue weighted by molar-refractivity contribution is 5.75. The van der Waals surface area contributed by atoms with Crippen LogP contribution in [0.2, 0.25) is 0 Å². The summed E-state index contributed by atoms with van der Waals surface area (Å²) in [5.74, 6) is -1.21. The number of nitrogens with zero attached hydrogens (tertiary/aromatic N) is 3. The summed E-state index contributed by atoms with van der Waals surface area (Å²) in [5, 5.41) is 40.2. The van der Waals surface area contributed by atoms with Gasteiger partial charge < -0.3 is 5.11 Å². The number of hydrogen-bond donors (Lipinski definition) is 1. The molecule has 0 amide bonds. The van der Waals surface area contributed by atoms with Gasteiger partial charge in [0.1, 0.15) is 0 Å². The fourth-order valence-electron chi connectivity index (χ4n) is 0.974. The summed E-state index contributed by atoms with van der Waals surface area (Å²) in [6.45, 7) is 0. The summed E-state index contributed by atoms with van der Waals surface area (Å²) in [7, 11) is 0. The Bertz CT molecular complexity index is 467. The summed E-state index contributed by atoms with van der Waals surface area (Å²) >= 11 is 0. The van der Waals surface area contributed by atoms with Gasteiger partial charge in [-0.2, -0.15) is 0 Å². The Balaban J connectivity index is 0.00000256. The van der Waals surface area contributed by atoms with E-state index in [9.17, 15) is 30.3 Å². The standard InChI is InChI=1S/C6H3N3O7.Al.3H/c10-6-4(8(13)14)1-3(7(11)12)2-5(6)9(15)16;;;;/h1-2,10H;;;;. The van der Waals surface area contributed by atoms with Crippen molar-refractivity contribution >= 4 is 34.4 Å². The quantitative estimate of drug-likeness (QED) is 0.453. The molecule has 1 aromatic rings. The molecule has 10 nitrogen and oxygen atoms in total. The van der Waals surface area contributed by atoms with Gasteiger partial charge in [0, 0.05) is 0 Å². The zero-order valence-corrected chi connectivity index (χ0v) is 7.39. The number of nitro groups is 3. The number of benzene rings is 1. The van der Waals surface area contributed by atoms with E-state index in [0.717, 1.165) is 0 Å². The first-order valence-corrected chi connectivity index (χ1v) is 3.64. The lowest BCUT2D eigenvalue weighted by Crippen LogP contribution is -1.97. The topological polar surface area (TPSA) is 150 Å². The third-order valence-electron chi connectivity index (χ3n) is 1.66. The van der Waals surface area contributed by atoms with Gasteiger partial charge in [0.15, 0.2) is 17.4 Å². The Kier molecular flexibility index (Phi) is 4.51. The average Bonchev–Trinajstić information content (AvgIpc) is 2.16. The Morgan fingerprint density at radius 1 is 0.882 bits per heavy atom. The van der Waals surface area contributed by atoms with E-state index < -0.39 is 37.6 Å². The molecule has 0 atom stereocenters. The lowest BCUT2D eigenvalue weighted by Gasteiger charge is -1.97. The molecule has 1 rings (SSSR count). The molecule has 1 N–H and O–H groups in total. The van der Waals surface area contributed by atoms with Crippen molar-refractivity contribution < 1.29 is 19.9 Å². The predicted molar refractivity (Wildman–Crippen MR) is 58.0 cm³/mol. The molecule has 0 spiro atoms. The number of phenolic OH excluding ortho intramolecular Hbond substituents is 1. The largest absolute Gasteiger partial charge is 0.497 e. The molecule has 0 aliphatic heterocycles. The molecular weight excluding hydrogens is 253 g/mol. The van der Waals surface area contributed by atoms with Gasteiger partial charge in [-0.05, 0) is 0 Å². The third-order valence-corrected chi connectivity index (χ3v) is 1.66. The molecule has 0 heterocycles. The molecule has 0 radical (unpaired) electrons. The maximum atomic E-state index is 10.4. The van der Waals surface area contributed by atoms with Gasteiger partial charge in [-0.1, -0.05) is 0 Å². The number of hydrogen-bond acceptors (Lipinski definition) is 7. The molecule has 0 aliphatic carbocycles. The molecule has 0 aromatic heterocycles. The predicted octanol–water partition coefficient (Wildman–Crippen LogP) is -0.0671. The molecule has 0 fully saturated rings. The maximum absolute atomic E-state index is 10.4. The second-order valence-corrected chi connectivity index (χ2v) is 2.60. The van der Waals surface area contributed by atoms with Crippen molar-refractivity contribution in [2.45, 2.75) is 0 Å². The minimum atomic E-state index is -1.21. The van der Waals surface area contributed by atoms with Gasteiger partial charge in [-0.25, -0.2) is 0 Å². The van der Waals surface area contributed by atoms with Crippen LogP contribution in [0.15, 0.2) is 12.1 Å². The summed E-state index contributed by atoms with van der Waals surface area (Å²) in [6, 6.07) is 0.894. The first-order valence-electron chi connectivity index (χ1n) is 3.64. The fraction of sp³-hybridized carbons (Fsp3) is 0. The molecule has 90 valence electrons. The highest BCUT2D eigenvalue weighted by Crippen LogP contribution is 2.38. The molecule has 0 saturated carbocycles. The van der Waals surface area contributed by atoms with Crippen molar-refractivity contribution in [3.05, 3.63) is 42.5 Å². The molecule has 1 aromatic carbocycles. The zero-order chi connectivity index (χ0) is 12.5. The van der Waals surface area contributed by atoms with E-state index in [0.29, 0.717) is 12.1 Å². The van der Waals surface area contributed by atoms with E-state index in [4.69, 9.17) is 5.11 Å². The number of rotatable bonds is 3. The molecular formula is C6H6AlN3O7. The highest BCUT2D eigenvalue weighted by Gasteiger charge is 2.29. The molecule has 17 heavy (non-hydrogen) atoms. The van der Waals surface area contributed by atoms with E-state index in [-0.39, 0.29) is 17.4 Å². The van der Waals surface area contributed by atoms with Gasteiger partial charge in [0.05, 0.1) is 26.9 Å². The third kappa shape index (κ3) is 2.86. The molecule has 0 aliphatic rings. The normalized spacial score (nSPS) is 9.18. The van der Waals surface area contributed by atoms with E-state index in [1.807, 2.05) is 0 Å². The van der Waals surface area contributed by atoms with Crippen molar-refractivity contribution in [2.75, 3.05) is 0 Å². The Labute approximate surface area is 103 Å². The maximum Gasteiger partial charge on any atom is 0.324 e. The van der Waals surface area contributed by atoms with Crippen LogP contribution in [0.1, 0.15) is 0 Å². The van der Waals surface area contributed by atoms with Crippen molar-refractivity contribution in [1.82, 2.24) is 0 Å². The molecule has 0 unspecified atom stereocenters. The minimum absolute atomic E-state index is 0. The van der Waals surface area contributed by atoms with Gasteiger partial charge in [0.2, 0.25) is 0 Å². The van der Waals surface area contributed by atoms with Gasteiger partial charge >= 0.3 is 11.4 Å². The molecule has 0 bridgehead atoms. The first-order chi connectivity index (χ1) is 7.34. The van der Waals surface area contributed by atoms with Crippen LogP contribution in [0.4, 0.5) is 17.1 Å². The lowest BCUT2D eigenvalue weighted by molar-refractivity contribution is -0.404. The Hall–Kier alpha value is -2.25. The fourth-order valence-corrected chi connectivity index (χ4v) is 0.974. The van der Waals surface area contributed by atoms with Crippen LogP contribution in [0.5, 0.6) is 5.75 Å². The second-order valence-electron chi connectivity index (χ2n) is 2.60. The first kappa shape index (κ1) is 14.8. The van der Waals surface area contributed by atoms with Crippen LogP contribution >= 0.6 is 0 Å². The Morgan fingerprint density at radius 2 is 1.24 bits per heavy atom. The van der Waals surface area contributed by atoms with Crippen molar-refractivity contribution in [1.29, 1.82) is 0 Å².